The van der Waals surface area contributed by atoms with Crippen LogP contribution in [0.3, 0.4) is 0 Å². The molecule has 0 aromatic heterocycles. The minimum Gasteiger partial charge on any atom is -0.496 e. The molecule has 0 spiro atoms. The van der Waals surface area contributed by atoms with E-state index in [4.69, 9.17) is 4.74 Å². The minimum atomic E-state index is -3.63. The Hall–Kier alpha value is -1.55. The predicted molar refractivity (Wildman–Crippen MR) is 94.5 cm³/mol. The standard InChI is InChI=1S/C18H27NO3S/c1-8-9-10-16(12(2)3)19-23(20,21)18-13(4)11-17(22-7)14(5)15(18)6/h8,10-12,16,19H,1-7H3/t9?,16-/m1/s1. The van der Waals surface area contributed by atoms with Crippen molar-refractivity contribution in [3.05, 3.63) is 40.6 Å². The van der Waals surface area contributed by atoms with Crippen molar-refractivity contribution in [2.75, 3.05) is 7.11 Å². The highest BCUT2D eigenvalue weighted by molar-refractivity contribution is 7.89. The summed E-state index contributed by atoms with van der Waals surface area (Å²) in [4.78, 5) is 0.329. The lowest BCUT2D eigenvalue weighted by Crippen LogP contribution is -2.37. The number of rotatable bonds is 6. The van der Waals surface area contributed by atoms with E-state index in [2.05, 4.69) is 10.5 Å². The summed E-state index contributed by atoms with van der Waals surface area (Å²) in [5.41, 5.74) is 5.19. The van der Waals surface area contributed by atoms with Gasteiger partial charge in [-0.2, -0.15) is 0 Å². The zero-order valence-corrected chi connectivity index (χ0v) is 15.8. The molecule has 4 nitrogen and oxygen atoms in total. The number of aryl methyl sites for hydroxylation is 1. The van der Waals surface area contributed by atoms with E-state index in [0.29, 0.717) is 21.8 Å². The number of sulfonamides is 1. The molecule has 5 heteroatoms. The van der Waals surface area contributed by atoms with Gasteiger partial charge in [-0.3, -0.25) is 0 Å². The number of hydrogen-bond acceptors (Lipinski definition) is 3. The molecule has 0 aliphatic rings. The molecular formula is C18H27NO3S. The summed E-state index contributed by atoms with van der Waals surface area (Å²) < 4.78 is 33.9. The first-order chi connectivity index (χ1) is 10.7. The predicted octanol–water partition coefficient (Wildman–Crippen LogP) is 3.65. The van der Waals surface area contributed by atoms with Crippen LogP contribution in [-0.2, 0) is 10.0 Å². The average Bonchev–Trinajstić information content (AvgIpc) is 2.46. The third-order valence-corrected chi connectivity index (χ3v) is 5.67. The summed E-state index contributed by atoms with van der Waals surface area (Å²) in [5, 5.41) is 0. The molecule has 0 unspecified atom stereocenters. The second kappa shape index (κ2) is 7.82. The summed E-state index contributed by atoms with van der Waals surface area (Å²) in [6.07, 6.45) is 3.51. The number of nitrogens with one attached hydrogen (secondary N) is 1. The van der Waals surface area contributed by atoms with E-state index in [1.165, 1.54) is 0 Å². The molecule has 0 saturated carbocycles. The fourth-order valence-corrected chi connectivity index (χ4v) is 4.30. The van der Waals surface area contributed by atoms with E-state index in [1.54, 1.807) is 32.3 Å². The maximum absolute atomic E-state index is 12.9. The van der Waals surface area contributed by atoms with Crippen molar-refractivity contribution < 1.29 is 13.2 Å². The van der Waals surface area contributed by atoms with E-state index in [0.717, 1.165) is 5.56 Å². The molecule has 0 bridgehead atoms. The smallest absolute Gasteiger partial charge is 0.241 e. The molecule has 0 radical (unpaired) electrons. The average molecular weight is 337 g/mol. The van der Waals surface area contributed by atoms with Crippen LogP contribution in [0.4, 0.5) is 0 Å². The molecule has 0 heterocycles. The number of benzene rings is 1. The van der Waals surface area contributed by atoms with Gasteiger partial charge in [0.25, 0.3) is 0 Å². The largest absolute Gasteiger partial charge is 0.496 e. The Morgan fingerprint density at radius 3 is 2.30 bits per heavy atom. The van der Waals surface area contributed by atoms with Crippen molar-refractivity contribution in [2.45, 2.75) is 52.5 Å². The number of hydrogen-bond donors (Lipinski definition) is 1. The van der Waals surface area contributed by atoms with Crippen molar-refractivity contribution in [1.82, 2.24) is 4.72 Å². The zero-order chi connectivity index (χ0) is 17.8. The molecule has 0 amide bonds. The summed E-state index contributed by atoms with van der Waals surface area (Å²) >= 11 is 0. The van der Waals surface area contributed by atoms with Crippen molar-refractivity contribution >= 4 is 10.0 Å². The van der Waals surface area contributed by atoms with Crippen LogP contribution in [0.1, 0.15) is 37.5 Å². The van der Waals surface area contributed by atoms with Gasteiger partial charge in [-0.25, -0.2) is 13.1 Å². The van der Waals surface area contributed by atoms with Gasteiger partial charge in [0.15, 0.2) is 0 Å². The van der Waals surface area contributed by atoms with Gasteiger partial charge in [0, 0.05) is 6.04 Å². The minimum absolute atomic E-state index is 0.122. The van der Waals surface area contributed by atoms with Crippen molar-refractivity contribution in [3.63, 3.8) is 0 Å². The number of ether oxygens (including phenoxy) is 1. The maximum atomic E-state index is 12.9. The summed E-state index contributed by atoms with van der Waals surface area (Å²) in [5.74, 6) is 0.824. The molecule has 1 atom stereocenters. The van der Waals surface area contributed by atoms with Gasteiger partial charge in [0.05, 0.1) is 12.0 Å². The highest BCUT2D eigenvalue weighted by Gasteiger charge is 2.26. The highest BCUT2D eigenvalue weighted by Crippen LogP contribution is 2.30. The van der Waals surface area contributed by atoms with Gasteiger partial charge in [0.1, 0.15) is 5.75 Å². The lowest BCUT2D eigenvalue weighted by molar-refractivity contribution is 0.410. The molecule has 0 aliphatic carbocycles. The van der Waals surface area contributed by atoms with Crippen molar-refractivity contribution in [2.24, 2.45) is 5.92 Å². The van der Waals surface area contributed by atoms with Crippen LogP contribution < -0.4 is 9.46 Å². The van der Waals surface area contributed by atoms with Crippen LogP contribution in [0.15, 0.2) is 28.8 Å². The van der Waals surface area contributed by atoms with Gasteiger partial charge < -0.3 is 4.74 Å². The van der Waals surface area contributed by atoms with Gasteiger partial charge in [0.2, 0.25) is 10.0 Å². The van der Waals surface area contributed by atoms with E-state index in [9.17, 15) is 8.42 Å². The Bertz CT molecular complexity index is 727. The van der Waals surface area contributed by atoms with Crippen molar-refractivity contribution in [1.29, 1.82) is 0 Å². The van der Waals surface area contributed by atoms with Crippen molar-refractivity contribution in [3.8, 4) is 5.75 Å². The Morgan fingerprint density at radius 2 is 1.83 bits per heavy atom. The maximum Gasteiger partial charge on any atom is 0.241 e. The molecule has 1 N–H and O–H groups in total. The molecule has 23 heavy (non-hydrogen) atoms. The zero-order valence-electron chi connectivity index (χ0n) is 15.0. The first-order valence-electron chi connectivity index (χ1n) is 7.70. The first kappa shape index (κ1) is 19.5. The van der Waals surface area contributed by atoms with Gasteiger partial charge in [-0.1, -0.05) is 13.8 Å². The van der Waals surface area contributed by atoms with E-state index >= 15 is 0 Å². The topological polar surface area (TPSA) is 55.4 Å². The summed E-state index contributed by atoms with van der Waals surface area (Å²) in [6, 6.07) is 1.46. The van der Waals surface area contributed by atoms with Crippen LogP contribution in [-0.4, -0.2) is 21.6 Å². The number of methoxy groups -OCH3 is 1. The molecule has 0 aliphatic heterocycles. The first-order valence-corrected chi connectivity index (χ1v) is 9.18. The SMILES string of the molecule is CC=C=C[C@@H](NS(=O)(=O)c1c(C)cc(OC)c(C)c1C)C(C)C. The van der Waals surface area contributed by atoms with E-state index in [1.807, 2.05) is 34.6 Å². The molecule has 128 valence electrons. The Balaban J connectivity index is 3.39. The van der Waals surface area contributed by atoms with Gasteiger partial charge >= 0.3 is 0 Å². The Labute approximate surface area is 140 Å². The molecule has 0 fully saturated rings. The third-order valence-electron chi connectivity index (χ3n) is 3.92. The molecule has 1 aromatic carbocycles. The van der Waals surface area contributed by atoms with Crippen LogP contribution in [0.5, 0.6) is 5.75 Å². The van der Waals surface area contributed by atoms with Crippen LogP contribution in [0.2, 0.25) is 0 Å². The fourth-order valence-electron chi connectivity index (χ4n) is 2.45. The van der Waals surface area contributed by atoms with Crippen LogP contribution in [0.25, 0.3) is 0 Å². The summed E-state index contributed by atoms with van der Waals surface area (Å²) in [7, 11) is -2.05. The Kier molecular flexibility index (Phi) is 6.63. The second-order valence-electron chi connectivity index (χ2n) is 5.99. The molecular weight excluding hydrogens is 310 g/mol. The highest BCUT2D eigenvalue weighted by atomic mass is 32.2. The third kappa shape index (κ3) is 4.47. The van der Waals surface area contributed by atoms with E-state index in [-0.39, 0.29) is 12.0 Å². The van der Waals surface area contributed by atoms with Crippen LogP contribution in [0, 0.1) is 26.7 Å². The van der Waals surface area contributed by atoms with Gasteiger partial charge in [-0.05, 0) is 68.5 Å². The quantitative estimate of drug-likeness (QED) is 0.806. The fraction of sp³-hybridized carbons (Fsp3) is 0.500. The second-order valence-corrected chi connectivity index (χ2v) is 7.64. The molecule has 1 aromatic rings. The molecule has 0 saturated heterocycles. The Morgan fingerprint density at radius 1 is 1.22 bits per heavy atom. The normalized spacial score (nSPS) is 12.7. The van der Waals surface area contributed by atoms with Gasteiger partial charge in [-0.15, -0.1) is 5.73 Å². The lowest BCUT2D eigenvalue weighted by atomic mass is 10.1. The van der Waals surface area contributed by atoms with Crippen LogP contribution >= 0.6 is 0 Å². The summed E-state index contributed by atoms with van der Waals surface area (Å²) in [6.45, 7) is 11.3. The molecule has 1 rings (SSSR count). The monoisotopic (exact) mass is 337 g/mol. The lowest BCUT2D eigenvalue weighted by Gasteiger charge is -2.21. The van der Waals surface area contributed by atoms with E-state index < -0.39 is 10.0 Å².